The van der Waals surface area contributed by atoms with Gasteiger partial charge in [0.1, 0.15) is 0 Å². The third-order valence-corrected chi connectivity index (χ3v) is 16.1. The lowest BCUT2D eigenvalue weighted by Crippen LogP contribution is -2.61. The Balaban J connectivity index is 0.000000474. The molecule has 10 unspecified atom stereocenters. The SMILES string of the molecule is CC(CN)N1C=CNCC1.CC(CN)N1CCNC(N)C1.CC(CN)N1CCNCC1.CC1=CNCCN1CCN.CC1C(N)NCCN1CCN.CC1CNC(N)CN1CCN.CC1CNC=CN1CCN.CC1CNCCN1CCN. The molecule has 0 aliphatic carbocycles. The summed E-state index contributed by atoms with van der Waals surface area (Å²) in [6, 6.07) is 3.71. The van der Waals surface area contributed by atoms with Crippen molar-refractivity contribution in [1.29, 1.82) is 0 Å². The Kier molecular flexibility index (Phi) is 46.3. The van der Waals surface area contributed by atoms with Crippen LogP contribution in [0.3, 0.4) is 0 Å². The summed E-state index contributed by atoms with van der Waals surface area (Å²) in [5.41, 5.74) is 62.4. The van der Waals surface area contributed by atoms with E-state index in [1.165, 1.54) is 5.70 Å². The van der Waals surface area contributed by atoms with E-state index in [9.17, 15) is 0 Å². The van der Waals surface area contributed by atoms with Crippen LogP contribution in [0.2, 0.25) is 0 Å². The highest BCUT2D eigenvalue weighted by Gasteiger charge is 2.24. The van der Waals surface area contributed by atoms with Crippen LogP contribution in [0.5, 0.6) is 0 Å². The second kappa shape index (κ2) is 49.2. The average molecular weight is 1180 g/mol. The van der Waals surface area contributed by atoms with Gasteiger partial charge in [0.15, 0.2) is 0 Å². The largest absolute Gasteiger partial charge is 0.388 e. The van der Waals surface area contributed by atoms with Crippen LogP contribution in [0.1, 0.15) is 55.4 Å². The van der Waals surface area contributed by atoms with Crippen molar-refractivity contribution in [3.8, 4) is 0 Å². The fourth-order valence-electron chi connectivity index (χ4n) is 10.1. The van der Waals surface area contributed by atoms with Crippen molar-refractivity contribution in [1.82, 2.24) is 81.7 Å². The van der Waals surface area contributed by atoms with E-state index in [1.54, 1.807) is 0 Å². The average Bonchev–Trinajstić information content (AvgIpc) is 3.51. The second-order valence-electron chi connectivity index (χ2n) is 22.8. The molecule has 8 rings (SSSR count). The first kappa shape index (κ1) is 78.2. The van der Waals surface area contributed by atoms with Gasteiger partial charge in [-0.1, -0.05) is 0 Å². The minimum absolute atomic E-state index is 0.107. The Morgan fingerprint density at radius 2 is 1.01 bits per heavy atom. The predicted molar refractivity (Wildman–Crippen MR) is 351 cm³/mol. The van der Waals surface area contributed by atoms with Crippen LogP contribution in [0, 0.1) is 0 Å². The molecule has 0 aromatic carbocycles. The number of nitrogens with zero attached hydrogens (tertiary/aromatic N) is 8. The summed E-state index contributed by atoms with van der Waals surface area (Å²) < 4.78 is 0. The molecule has 0 amide bonds. The Labute approximate surface area is 505 Å². The van der Waals surface area contributed by atoms with E-state index in [1.807, 2.05) is 18.6 Å². The van der Waals surface area contributed by atoms with Gasteiger partial charge in [-0.25, -0.2) is 0 Å². The highest BCUT2D eigenvalue weighted by molar-refractivity contribution is 5.00. The Hall–Kier alpha value is -2.82. The maximum atomic E-state index is 5.81. The number of allylic oxidation sites excluding steroid dienone is 1. The molecular formula is C56H133N27. The van der Waals surface area contributed by atoms with Gasteiger partial charge in [0.2, 0.25) is 0 Å². The number of hydrogen-bond donors (Lipinski definition) is 19. The first-order chi connectivity index (χ1) is 39.9. The zero-order valence-electron chi connectivity index (χ0n) is 53.7. The normalized spacial score (nSPS) is 27.1. The van der Waals surface area contributed by atoms with Gasteiger partial charge in [0.05, 0.1) is 18.5 Å². The lowest BCUT2D eigenvalue weighted by Gasteiger charge is -2.37. The molecule has 27 nitrogen and oxygen atoms in total. The molecule has 492 valence electrons. The summed E-state index contributed by atoms with van der Waals surface area (Å²) in [5, 5.41) is 25.7. The van der Waals surface area contributed by atoms with Crippen molar-refractivity contribution in [2.45, 2.75) is 116 Å². The molecule has 8 heterocycles. The van der Waals surface area contributed by atoms with Crippen molar-refractivity contribution in [2.75, 3.05) is 209 Å². The summed E-state index contributed by atoms with van der Waals surface area (Å²) in [5.74, 6) is 0. The molecule has 0 aromatic rings. The third-order valence-electron chi connectivity index (χ3n) is 16.1. The molecule has 0 bridgehead atoms. The van der Waals surface area contributed by atoms with E-state index in [4.69, 9.17) is 63.1 Å². The van der Waals surface area contributed by atoms with Crippen molar-refractivity contribution >= 4 is 0 Å². The molecule has 8 aliphatic rings. The summed E-state index contributed by atoms with van der Waals surface area (Å²) in [7, 11) is 0. The summed E-state index contributed by atoms with van der Waals surface area (Å²) in [6.07, 6.45) is 10.4. The molecule has 8 aliphatic heterocycles. The summed E-state index contributed by atoms with van der Waals surface area (Å²) in [4.78, 5) is 18.6. The number of nitrogens with one attached hydrogen (secondary N) is 8. The van der Waals surface area contributed by atoms with Gasteiger partial charge in [0, 0.05) is 288 Å². The molecular weight excluding hydrogens is 1050 g/mol. The van der Waals surface area contributed by atoms with Gasteiger partial charge < -0.3 is 104 Å². The van der Waals surface area contributed by atoms with Crippen molar-refractivity contribution < 1.29 is 0 Å². The Bertz CT molecular complexity index is 1540. The predicted octanol–water partition coefficient (Wildman–Crippen LogP) is -6.82. The van der Waals surface area contributed by atoms with Crippen molar-refractivity contribution in [2.24, 2.45) is 63.1 Å². The smallest absolute Gasteiger partial charge is 0.0704 e. The van der Waals surface area contributed by atoms with Crippen LogP contribution in [0.4, 0.5) is 0 Å². The van der Waals surface area contributed by atoms with Gasteiger partial charge in [-0.15, -0.1) is 0 Å². The van der Waals surface area contributed by atoms with E-state index in [2.05, 4.69) is 150 Å². The zero-order valence-corrected chi connectivity index (χ0v) is 53.7. The van der Waals surface area contributed by atoms with E-state index >= 15 is 0 Å². The third kappa shape index (κ3) is 34.9. The van der Waals surface area contributed by atoms with Gasteiger partial charge in [-0.2, -0.15) is 0 Å². The van der Waals surface area contributed by atoms with Gasteiger partial charge >= 0.3 is 0 Å². The highest BCUT2D eigenvalue weighted by Crippen LogP contribution is 2.07. The molecule has 0 radical (unpaired) electrons. The number of rotatable bonds is 16. The molecule has 10 atom stereocenters. The highest BCUT2D eigenvalue weighted by atomic mass is 15.3. The number of piperazine rings is 5. The maximum Gasteiger partial charge on any atom is 0.0704 e. The zero-order chi connectivity index (χ0) is 61.8. The topological polar surface area (TPSA) is 408 Å². The fraction of sp³-hybridized carbons (Fsp3) is 0.893. The minimum atomic E-state index is 0.107. The van der Waals surface area contributed by atoms with Crippen LogP contribution in [0.15, 0.2) is 36.7 Å². The molecule has 5 saturated heterocycles. The van der Waals surface area contributed by atoms with Crippen LogP contribution in [0.25, 0.3) is 0 Å². The van der Waals surface area contributed by atoms with Gasteiger partial charge in [-0.3, -0.25) is 40.4 Å². The van der Waals surface area contributed by atoms with E-state index in [0.717, 1.165) is 203 Å². The van der Waals surface area contributed by atoms with Gasteiger partial charge in [-0.05, 0) is 55.4 Å². The molecule has 83 heavy (non-hydrogen) atoms. The van der Waals surface area contributed by atoms with Crippen LogP contribution in [-0.4, -0.2) is 309 Å². The quantitative estimate of drug-likeness (QED) is 0.0683. The summed E-state index contributed by atoms with van der Waals surface area (Å²) >= 11 is 0. The fourth-order valence-corrected chi connectivity index (χ4v) is 10.1. The molecule has 30 N–H and O–H groups in total. The van der Waals surface area contributed by atoms with Gasteiger partial charge in [0.25, 0.3) is 0 Å². The van der Waals surface area contributed by atoms with Crippen molar-refractivity contribution in [3.63, 3.8) is 0 Å². The molecule has 0 aromatic heterocycles. The maximum absolute atomic E-state index is 5.81. The molecule has 27 heteroatoms. The number of nitrogens with two attached hydrogens (primary N) is 11. The van der Waals surface area contributed by atoms with E-state index in [0.29, 0.717) is 48.8 Å². The van der Waals surface area contributed by atoms with Crippen LogP contribution in [-0.2, 0) is 0 Å². The second-order valence-corrected chi connectivity index (χ2v) is 22.8. The first-order valence-corrected chi connectivity index (χ1v) is 31.6. The van der Waals surface area contributed by atoms with E-state index < -0.39 is 0 Å². The molecule has 5 fully saturated rings. The Morgan fingerprint density at radius 1 is 0.470 bits per heavy atom. The van der Waals surface area contributed by atoms with E-state index in [-0.39, 0.29) is 18.5 Å². The summed E-state index contributed by atoms with van der Waals surface area (Å²) in [6.45, 7) is 48.1. The standard InChI is InChI=1S/3C7H18N4.C7H17N3.C7H15N3.C7H17N3.2C7H15N3/c1-6-7(9)10-3-5-11(6)4-2-8;1-6(4-8)11-3-2-10-7(9)5-11;1-6-4-10-7(9)5-11(6)3-2-8;2*1-7(6-8)10-4-2-9-3-5-10;3*1-7-6-9-3-5-10(7)4-2-8/h3*6-7,10H,2-5,8-9H2,1H3;7,9H,2-6,8H2,1H3;2,4,7,9H,3,5-6,8H2,1H3;7,9H,2-6,8H2,1H3;6,9H,2-5,8H2,1H3;3,5,7,9H,2,4,6,8H2,1H3. The van der Waals surface area contributed by atoms with Crippen LogP contribution < -0.4 is 106 Å². The minimum Gasteiger partial charge on any atom is -0.388 e. The Morgan fingerprint density at radius 3 is 1.59 bits per heavy atom. The molecule has 0 spiro atoms. The monoisotopic (exact) mass is 1180 g/mol. The molecule has 0 saturated carbocycles. The number of hydrogen-bond acceptors (Lipinski definition) is 27. The lowest BCUT2D eigenvalue weighted by atomic mass is 10.1. The van der Waals surface area contributed by atoms with Crippen molar-refractivity contribution in [3.05, 3.63) is 36.7 Å². The first-order valence-electron chi connectivity index (χ1n) is 31.6. The lowest BCUT2D eigenvalue weighted by molar-refractivity contribution is 0.137. The van der Waals surface area contributed by atoms with Crippen LogP contribution >= 0.6 is 0 Å².